The molecule has 0 radical (unpaired) electrons. The molecule has 0 spiro atoms. The first-order valence-electron chi connectivity index (χ1n) is 13.2. The van der Waals surface area contributed by atoms with Crippen LogP contribution in [-0.4, -0.2) is 97.4 Å². The van der Waals surface area contributed by atoms with E-state index in [1.807, 2.05) is 0 Å². The number of rotatable bonds is 17. The number of methoxy groups -OCH3 is 2. The van der Waals surface area contributed by atoms with Gasteiger partial charge in [-0.25, -0.2) is 14.2 Å². The Kier molecular flexibility index (Phi) is 13.2. The topological polar surface area (TPSA) is 152 Å². The molecule has 3 rings (SSSR count). The molecule has 1 aromatic heterocycles. The van der Waals surface area contributed by atoms with E-state index in [1.54, 1.807) is 31.4 Å². The molecule has 2 atom stereocenters. The van der Waals surface area contributed by atoms with Crippen molar-refractivity contribution in [2.75, 3.05) is 47.2 Å². The fourth-order valence-corrected chi connectivity index (χ4v) is 3.97. The summed E-state index contributed by atoms with van der Waals surface area (Å²) < 4.78 is 35.1. The lowest BCUT2D eigenvalue weighted by Crippen LogP contribution is -2.48. The van der Waals surface area contributed by atoms with Crippen molar-refractivity contribution in [3.05, 3.63) is 76.3 Å². The Morgan fingerprint density at radius 2 is 1.84 bits per heavy atom. The standard InChI is InChI=1S/C29H34ClFN4O8/c1-18(36)25-13-26(33-32-25)28(38)34-35(15-27(37)29(39)43-17-22(41-3)16-42-11-10-40-2)14-19-4-6-20(7-5-19)23-12-21(30)8-9-24(23)31/h4-9,12-13,22,27,37H,10-11,14-17H2,1-3H3,(H,32,33)(H,34,38)/t22?,27-/m1/s1. The summed E-state index contributed by atoms with van der Waals surface area (Å²) in [6, 6.07) is 12.3. The summed E-state index contributed by atoms with van der Waals surface area (Å²) in [4.78, 5) is 37.1. The summed E-state index contributed by atoms with van der Waals surface area (Å²) in [5.41, 5.74) is 4.24. The van der Waals surface area contributed by atoms with E-state index in [0.29, 0.717) is 34.9 Å². The van der Waals surface area contributed by atoms with Crippen LogP contribution in [0.1, 0.15) is 33.5 Å². The van der Waals surface area contributed by atoms with Crippen LogP contribution in [0.4, 0.5) is 4.39 Å². The van der Waals surface area contributed by atoms with Gasteiger partial charge in [0.25, 0.3) is 5.91 Å². The number of aromatic amines is 1. The van der Waals surface area contributed by atoms with Crippen molar-refractivity contribution in [1.82, 2.24) is 20.6 Å². The summed E-state index contributed by atoms with van der Waals surface area (Å²) in [5.74, 6) is -2.37. The lowest BCUT2D eigenvalue weighted by molar-refractivity contribution is -0.160. The molecule has 1 unspecified atom stereocenters. The molecule has 232 valence electrons. The highest BCUT2D eigenvalue weighted by Crippen LogP contribution is 2.26. The quantitative estimate of drug-likeness (QED) is 0.0889. The van der Waals surface area contributed by atoms with Gasteiger partial charge in [-0.3, -0.25) is 20.1 Å². The number of ketones is 1. The molecule has 2 aromatic carbocycles. The van der Waals surface area contributed by atoms with Gasteiger partial charge in [0, 0.05) is 38.3 Å². The molecule has 0 aliphatic rings. The molecule has 3 aromatic rings. The van der Waals surface area contributed by atoms with Crippen LogP contribution in [0.2, 0.25) is 5.02 Å². The van der Waals surface area contributed by atoms with Gasteiger partial charge in [-0.15, -0.1) is 0 Å². The number of ether oxygens (including phenoxy) is 4. The summed E-state index contributed by atoms with van der Waals surface area (Å²) in [5, 5.41) is 18.6. The van der Waals surface area contributed by atoms with Gasteiger partial charge in [0.15, 0.2) is 11.9 Å². The number of hydrazine groups is 1. The van der Waals surface area contributed by atoms with Crippen LogP contribution in [0.5, 0.6) is 0 Å². The third-order valence-electron chi connectivity index (χ3n) is 6.16. The monoisotopic (exact) mass is 620 g/mol. The minimum atomic E-state index is -1.65. The van der Waals surface area contributed by atoms with E-state index in [9.17, 15) is 23.9 Å². The van der Waals surface area contributed by atoms with Crippen LogP contribution in [0.3, 0.4) is 0 Å². The molecule has 0 saturated carbocycles. The number of nitrogens with one attached hydrogen (secondary N) is 2. The molecule has 0 aliphatic heterocycles. The van der Waals surface area contributed by atoms with Crippen molar-refractivity contribution in [3.8, 4) is 11.1 Å². The van der Waals surface area contributed by atoms with Crippen molar-refractivity contribution in [2.45, 2.75) is 25.7 Å². The maximum Gasteiger partial charge on any atom is 0.336 e. The molecule has 0 fully saturated rings. The fourth-order valence-electron chi connectivity index (χ4n) is 3.80. The number of hydrogen-bond acceptors (Lipinski definition) is 10. The van der Waals surface area contributed by atoms with Gasteiger partial charge in [0.2, 0.25) is 0 Å². The molecule has 1 heterocycles. The number of aliphatic hydroxyl groups is 1. The number of carbonyl (C=O) groups is 3. The summed E-state index contributed by atoms with van der Waals surface area (Å²) in [7, 11) is 2.98. The van der Waals surface area contributed by atoms with E-state index in [0.717, 1.165) is 0 Å². The number of halogens is 2. The zero-order valence-electron chi connectivity index (χ0n) is 24.0. The van der Waals surface area contributed by atoms with Crippen molar-refractivity contribution < 1.29 is 42.8 Å². The Morgan fingerprint density at radius 1 is 1.09 bits per heavy atom. The molecule has 14 heteroatoms. The summed E-state index contributed by atoms with van der Waals surface area (Å²) >= 11 is 6.02. The predicted octanol–water partition coefficient (Wildman–Crippen LogP) is 2.80. The number of carbonyl (C=O) groups excluding carboxylic acids is 3. The lowest BCUT2D eigenvalue weighted by atomic mass is 10.0. The lowest BCUT2D eigenvalue weighted by Gasteiger charge is -2.25. The second-order valence-corrected chi connectivity index (χ2v) is 9.87. The Bertz CT molecular complexity index is 1370. The second kappa shape index (κ2) is 16.8. The van der Waals surface area contributed by atoms with Gasteiger partial charge >= 0.3 is 5.97 Å². The van der Waals surface area contributed by atoms with Crippen LogP contribution in [0.15, 0.2) is 48.5 Å². The highest BCUT2D eigenvalue weighted by molar-refractivity contribution is 6.30. The minimum absolute atomic E-state index is 0.00421. The number of nitrogens with zero attached hydrogens (tertiary/aromatic N) is 2. The van der Waals surface area contributed by atoms with Gasteiger partial charge in [-0.2, -0.15) is 5.10 Å². The third-order valence-corrected chi connectivity index (χ3v) is 6.39. The number of H-pyrrole nitrogens is 1. The average Bonchev–Trinajstić information content (AvgIpc) is 3.49. The first-order valence-corrected chi connectivity index (χ1v) is 13.6. The number of benzene rings is 2. The summed E-state index contributed by atoms with van der Waals surface area (Å²) in [6.45, 7) is 1.69. The molecule has 0 aliphatic carbocycles. The third kappa shape index (κ3) is 10.5. The molecule has 43 heavy (non-hydrogen) atoms. The van der Waals surface area contributed by atoms with Crippen molar-refractivity contribution in [2.24, 2.45) is 0 Å². The molecular weight excluding hydrogens is 587 g/mol. The predicted molar refractivity (Wildman–Crippen MR) is 154 cm³/mol. The van der Waals surface area contributed by atoms with Crippen LogP contribution in [0, 0.1) is 5.82 Å². The first kappa shape index (κ1) is 33.8. The number of Topliss-reactive ketones (excluding diaryl/α,β-unsaturated/α-hetero) is 1. The van der Waals surface area contributed by atoms with Crippen molar-refractivity contribution in [1.29, 1.82) is 0 Å². The number of aromatic nitrogens is 2. The van der Waals surface area contributed by atoms with E-state index in [2.05, 4.69) is 15.6 Å². The maximum atomic E-state index is 14.3. The van der Waals surface area contributed by atoms with E-state index in [1.165, 1.54) is 43.3 Å². The Hall–Kier alpha value is -3.72. The Morgan fingerprint density at radius 3 is 2.49 bits per heavy atom. The van der Waals surface area contributed by atoms with Gasteiger partial charge in [-0.05, 0) is 35.4 Å². The van der Waals surface area contributed by atoms with Crippen molar-refractivity contribution in [3.63, 3.8) is 0 Å². The molecule has 12 nitrogen and oxygen atoms in total. The van der Waals surface area contributed by atoms with Gasteiger partial charge < -0.3 is 24.1 Å². The SMILES string of the molecule is COCCOCC(COC(=O)[C@H](O)CN(Cc1ccc(-c2cc(Cl)ccc2F)cc1)NC(=O)c1cc(C(C)=O)n[nH]1)OC. The number of hydrogen-bond donors (Lipinski definition) is 3. The molecule has 3 N–H and O–H groups in total. The average molecular weight is 621 g/mol. The molecule has 0 bridgehead atoms. The highest BCUT2D eigenvalue weighted by Gasteiger charge is 2.24. The Labute approximate surface area is 253 Å². The fraction of sp³-hybridized carbons (Fsp3) is 0.379. The van der Waals surface area contributed by atoms with Crippen LogP contribution < -0.4 is 5.43 Å². The van der Waals surface area contributed by atoms with E-state index in [4.69, 9.17) is 30.5 Å². The largest absolute Gasteiger partial charge is 0.461 e. The van der Waals surface area contributed by atoms with Gasteiger partial charge in [-0.1, -0.05) is 35.9 Å². The number of esters is 1. The first-order chi connectivity index (χ1) is 20.6. The summed E-state index contributed by atoms with van der Waals surface area (Å²) in [6.07, 6.45) is -2.22. The smallest absolute Gasteiger partial charge is 0.336 e. The second-order valence-electron chi connectivity index (χ2n) is 9.44. The highest BCUT2D eigenvalue weighted by atomic mass is 35.5. The Balaban J connectivity index is 1.70. The molecule has 0 saturated heterocycles. The zero-order valence-corrected chi connectivity index (χ0v) is 24.7. The zero-order chi connectivity index (χ0) is 31.4. The van der Waals surface area contributed by atoms with E-state index < -0.39 is 29.9 Å². The van der Waals surface area contributed by atoms with E-state index in [-0.39, 0.29) is 43.5 Å². The van der Waals surface area contributed by atoms with E-state index >= 15 is 0 Å². The van der Waals surface area contributed by atoms with Gasteiger partial charge in [0.1, 0.15) is 29.9 Å². The van der Waals surface area contributed by atoms with Crippen LogP contribution >= 0.6 is 11.6 Å². The number of aliphatic hydroxyl groups excluding tert-OH is 1. The normalized spacial score (nSPS) is 12.6. The minimum Gasteiger partial charge on any atom is -0.461 e. The molecule has 1 amide bonds. The number of amides is 1. The maximum absolute atomic E-state index is 14.3. The van der Waals surface area contributed by atoms with Crippen molar-refractivity contribution >= 4 is 29.3 Å². The van der Waals surface area contributed by atoms with Gasteiger partial charge in [0.05, 0.1) is 26.4 Å². The van der Waals surface area contributed by atoms with Crippen LogP contribution in [-0.2, 0) is 30.3 Å². The van der Waals surface area contributed by atoms with Crippen LogP contribution in [0.25, 0.3) is 11.1 Å². The molecular formula is C29H34ClFN4O8.